The first kappa shape index (κ1) is 9.81. The molecule has 0 saturated carbocycles. The number of hydrogen-bond donors (Lipinski definition) is 0. The summed E-state index contributed by atoms with van der Waals surface area (Å²) in [6.07, 6.45) is -3.02. The van der Waals surface area contributed by atoms with Crippen molar-refractivity contribution >= 4 is 21.9 Å². The number of ether oxygens (including phenoxy) is 1. The topological polar surface area (TPSA) is 26.3 Å². The molecule has 60 valence electrons. The molecule has 0 aliphatic rings. The van der Waals surface area contributed by atoms with E-state index in [2.05, 4.69) is 20.7 Å². The van der Waals surface area contributed by atoms with Crippen molar-refractivity contribution in [3.8, 4) is 0 Å². The second-order valence-electron chi connectivity index (χ2n) is 1.71. The number of rotatable bonds is 3. The zero-order valence-corrected chi connectivity index (χ0v) is 6.90. The van der Waals surface area contributed by atoms with Crippen LogP contribution in [-0.2, 0) is 9.53 Å². The molecule has 1 atom stereocenters. The third kappa shape index (κ3) is 4.67. The average molecular weight is 217 g/mol. The quantitative estimate of drug-likeness (QED) is 0.529. The van der Waals surface area contributed by atoms with Gasteiger partial charge >= 0.3 is 12.4 Å². The van der Waals surface area contributed by atoms with Crippen molar-refractivity contribution in [2.24, 2.45) is 0 Å². The van der Waals surface area contributed by atoms with Gasteiger partial charge in [0.05, 0.1) is 0 Å². The molecular formula is C5H7BrF2O2. The van der Waals surface area contributed by atoms with E-state index in [0.29, 0.717) is 0 Å². The highest BCUT2D eigenvalue weighted by atomic mass is 79.9. The van der Waals surface area contributed by atoms with Crippen LogP contribution in [0.15, 0.2) is 0 Å². The van der Waals surface area contributed by atoms with Gasteiger partial charge in [-0.3, -0.25) is 0 Å². The maximum absolute atomic E-state index is 11.4. The molecule has 0 spiro atoms. The van der Waals surface area contributed by atoms with E-state index < -0.39 is 12.4 Å². The molecular weight excluding hydrogens is 210 g/mol. The van der Waals surface area contributed by atoms with Gasteiger partial charge in [0.25, 0.3) is 0 Å². The third-order valence-corrected chi connectivity index (χ3v) is 0.898. The van der Waals surface area contributed by atoms with Gasteiger partial charge in [-0.05, 0) is 6.92 Å². The lowest BCUT2D eigenvalue weighted by Crippen LogP contribution is -2.17. The molecule has 0 aromatic rings. The molecule has 0 bridgehead atoms. The van der Waals surface area contributed by atoms with Gasteiger partial charge < -0.3 is 4.74 Å². The predicted molar refractivity (Wildman–Crippen MR) is 35.4 cm³/mol. The third-order valence-electron chi connectivity index (χ3n) is 0.633. The maximum Gasteiger partial charge on any atom is 0.373 e. The Bertz CT molecular complexity index is 116. The van der Waals surface area contributed by atoms with Gasteiger partial charge in [-0.2, -0.15) is 8.78 Å². The van der Waals surface area contributed by atoms with Crippen molar-refractivity contribution < 1.29 is 18.3 Å². The summed E-state index contributed by atoms with van der Waals surface area (Å²) in [6, 6.07) is 0. The highest BCUT2D eigenvalue weighted by molar-refractivity contribution is 9.09. The molecule has 0 aliphatic heterocycles. The number of esters is 1. The smallest absolute Gasteiger partial charge is 0.373 e. The Kier molecular flexibility index (Phi) is 4.51. The van der Waals surface area contributed by atoms with Crippen LogP contribution in [0.25, 0.3) is 0 Å². The molecule has 0 aromatic heterocycles. The number of hydrogen-bond acceptors (Lipinski definition) is 2. The Labute approximate surface area is 65.7 Å². The van der Waals surface area contributed by atoms with Gasteiger partial charge in [-0.1, -0.05) is 15.9 Å². The Hall–Kier alpha value is -0.190. The molecule has 5 heteroatoms. The zero-order valence-electron chi connectivity index (χ0n) is 5.31. The Morgan fingerprint density at radius 3 is 2.50 bits per heavy atom. The van der Waals surface area contributed by atoms with Crippen LogP contribution in [0.2, 0.25) is 0 Å². The fourth-order valence-electron chi connectivity index (χ4n) is 0.260. The van der Waals surface area contributed by atoms with Gasteiger partial charge in [0.2, 0.25) is 0 Å². The summed E-state index contributed by atoms with van der Waals surface area (Å²) in [7, 11) is 0. The van der Waals surface area contributed by atoms with Crippen LogP contribution in [-0.4, -0.2) is 23.8 Å². The van der Waals surface area contributed by atoms with Gasteiger partial charge in [-0.25, -0.2) is 4.79 Å². The van der Waals surface area contributed by atoms with E-state index in [-0.39, 0.29) is 11.4 Å². The van der Waals surface area contributed by atoms with Gasteiger partial charge in [-0.15, -0.1) is 0 Å². The molecule has 0 radical (unpaired) electrons. The molecule has 2 nitrogen and oxygen atoms in total. The number of carbonyl (C=O) groups is 1. The summed E-state index contributed by atoms with van der Waals surface area (Å²) in [4.78, 5) is 9.97. The molecule has 0 N–H and O–H groups in total. The lowest BCUT2D eigenvalue weighted by molar-refractivity contribution is -0.156. The monoisotopic (exact) mass is 216 g/mol. The van der Waals surface area contributed by atoms with Crippen molar-refractivity contribution in [3.63, 3.8) is 0 Å². The van der Waals surface area contributed by atoms with Crippen molar-refractivity contribution in [1.82, 2.24) is 0 Å². The van der Waals surface area contributed by atoms with Crippen molar-refractivity contribution in [1.29, 1.82) is 0 Å². The Morgan fingerprint density at radius 2 is 2.20 bits per heavy atom. The van der Waals surface area contributed by atoms with Crippen LogP contribution < -0.4 is 0 Å². The second kappa shape index (κ2) is 4.60. The SMILES string of the molecule is CC(Br)COC(=O)C(F)F. The van der Waals surface area contributed by atoms with E-state index in [0.717, 1.165) is 0 Å². The number of alkyl halides is 3. The average Bonchev–Trinajstić information content (AvgIpc) is 1.82. The van der Waals surface area contributed by atoms with Crippen LogP contribution in [0, 0.1) is 0 Å². The minimum Gasteiger partial charge on any atom is -0.460 e. The van der Waals surface area contributed by atoms with Crippen molar-refractivity contribution in [3.05, 3.63) is 0 Å². The van der Waals surface area contributed by atoms with E-state index in [1.165, 1.54) is 0 Å². The summed E-state index contributed by atoms with van der Waals surface area (Å²) in [6.45, 7) is 1.67. The molecule has 1 unspecified atom stereocenters. The van der Waals surface area contributed by atoms with E-state index in [9.17, 15) is 13.6 Å². The Morgan fingerprint density at radius 1 is 1.70 bits per heavy atom. The molecule has 0 fully saturated rings. The van der Waals surface area contributed by atoms with E-state index in [1.807, 2.05) is 0 Å². The normalized spacial score (nSPS) is 13.3. The lowest BCUT2D eigenvalue weighted by Gasteiger charge is -2.03. The van der Waals surface area contributed by atoms with E-state index in [1.54, 1.807) is 6.92 Å². The first-order valence-corrected chi connectivity index (χ1v) is 3.54. The van der Waals surface area contributed by atoms with Crippen LogP contribution in [0.4, 0.5) is 8.78 Å². The molecule has 0 heterocycles. The molecule has 0 rings (SSSR count). The van der Waals surface area contributed by atoms with Crippen LogP contribution >= 0.6 is 15.9 Å². The predicted octanol–water partition coefficient (Wildman–Crippen LogP) is 1.58. The standard InChI is InChI=1S/C5H7BrF2O2/c1-3(6)2-10-5(9)4(7)8/h3-4H,2H2,1H3. The van der Waals surface area contributed by atoms with Crippen LogP contribution in [0.1, 0.15) is 6.92 Å². The summed E-state index contributed by atoms with van der Waals surface area (Å²) in [5.41, 5.74) is 0. The molecule has 0 aromatic carbocycles. The van der Waals surface area contributed by atoms with E-state index in [4.69, 9.17) is 0 Å². The minimum atomic E-state index is -3.02. The van der Waals surface area contributed by atoms with Gasteiger partial charge in [0, 0.05) is 4.83 Å². The number of halogens is 3. The van der Waals surface area contributed by atoms with Crippen molar-refractivity contribution in [2.45, 2.75) is 18.2 Å². The van der Waals surface area contributed by atoms with Crippen molar-refractivity contribution in [2.75, 3.05) is 6.61 Å². The summed E-state index contributed by atoms with van der Waals surface area (Å²) in [5.74, 6) is -1.47. The number of carbonyl (C=O) groups excluding carboxylic acids is 1. The fourth-order valence-corrected chi connectivity index (χ4v) is 0.392. The maximum atomic E-state index is 11.4. The molecule has 10 heavy (non-hydrogen) atoms. The summed E-state index contributed by atoms with van der Waals surface area (Å²) < 4.78 is 26.9. The van der Waals surface area contributed by atoms with Crippen LogP contribution in [0.5, 0.6) is 0 Å². The second-order valence-corrected chi connectivity index (χ2v) is 3.27. The summed E-state index contributed by atoms with van der Waals surface area (Å²) >= 11 is 3.03. The zero-order chi connectivity index (χ0) is 8.15. The highest BCUT2D eigenvalue weighted by Crippen LogP contribution is 2.01. The van der Waals surface area contributed by atoms with Gasteiger partial charge in [0.1, 0.15) is 6.61 Å². The highest BCUT2D eigenvalue weighted by Gasteiger charge is 2.16. The summed E-state index contributed by atoms with van der Waals surface area (Å²) in [5, 5.41) is 0. The first-order chi connectivity index (χ1) is 4.54. The molecule has 0 saturated heterocycles. The Balaban J connectivity index is 3.40. The fraction of sp³-hybridized carbons (Fsp3) is 0.800. The lowest BCUT2D eigenvalue weighted by atomic mass is 10.5. The van der Waals surface area contributed by atoms with E-state index >= 15 is 0 Å². The molecule has 0 aliphatic carbocycles. The largest absolute Gasteiger partial charge is 0.460 e. The molecule has 0 amide bonds. The first-order valence-electron chi connectivity index (χ1n) is 2.63. The van der Waals surface area contributed by atoms with Gasteiger partial charge in [0.15, 0.2) is 0 Å². The minimum absolute atomic E-state index is 0.0246. The van der Waals surface area contributed by atoms with Crippen LogP contribution in [0.3, 0.4) is 0 Å².